The number of phenolic OH excluding ortho intramolecular Hbond substituents is 2. The van der Waals surface area contributed by atoms with Crippen molar-refractivity contribution >= 4 is 33.2 Å². The number of allylic oxidation sites excluding steroid dienone is 2. The standard InChI is InChI=1S/C55H61N3O6S2/c1-35(10-11-36-6-3-2-4-7-36)18-22-55-23-19-42(59)15-12-37-14-17-50(61)53(27-37)64-25-21-38-13-16-49(60)47(26-38)46-30-51(62)43-20-24-58-48(43)9-5-8-39-28-45(54(56)57)40(29-44(39)46)33-65-66-34-41(31-55)52(63)32-55/h2-4,6-7,13-14,16-17,19-20,23-24,26-29,35,41,46,52,54,58,60-61,63H,9-12,15,18,21-22,25,30-34,56-57H2,1H3/b23-19+/t35-,41+,46-,52+,55-/m1/s1. The number of ether oxygens (including phenoxy) is 1. The van der Waals surface area contributed by atoms with E-state index in [1.807, 2.05) is 30.3 Å². The zero-order chi connectivity index (χ0) is 46.2. The Labute approximate surface area is 396 Å². The van der Waals surface area contributed by atoms with Crippen molar-refractivity contribution in [3.05, 3.63) is 159 Å². The molecule has 1 fully saturated rings. The molecular weight excluding hydrogens is 863 g/mol. The van der Waals surface area contributed by atoms with E-state index in [2.05, 4.69) is 60.2 Å². The van der Waals surface area contributed by atoms with Crippen LogP contribution in [0.4, 0.5) is 0 Å². The number of carbonyl (C=O) groups excluding carboxylic acids is 2. The Kier molecular flexibility index (Phi) is 15.5. The second-order valence-electron chi connectivity index (χ2n) is 18.6. The lowest BCUT2D eigenvalue weighted by Crippen LogP contribution is -2.22. The number of aromatic amines is 1. The number of aromatic nitrogens is 1. The summed E-state index contributed by atoms with van der Waals surface area (Å²) in [4.78, 5) is 30.9. The lowest BCUT2D eigenvalue weighted by molar-refractivity contribution is -0.114. The molecule has 8 rings (SSSR count). The number of aromatic hydroxyl groups is 2. The number of rotatable bonds is 7. The molecule has 344 valence electrons. The molecule has 1 aliphatic heterocycles. The van der Waals surface area contributed by atoms with E-state index in [0.717, 1.165) is 71.4 Å². The molecule has 1 saturated carbocycles. The SMILES string of the molecule is C[C@H](CCc1ccccc1)CC[C@@]12/C=C/C(=O)CCc3ccc(O)c(c3)OCCc3ccc(O)c(c3)[C@@H]3CC(=O)c4cc[nH]c4CC#Cc4cc(C(N)N)c(cc43)CSSC[C@H](C1)[C@@H](O)C2. The normalized spacial score (nSPS) is 22.5. The van der Waals surface area contributed by atoms with Crippen molar-refractivity contribution in [2.45, 2.75) is 101 Å². The van der Waals surface area contributed by atoms with Gasteiger partial charge in [-0.2, -0.15) is 0 Å². The number of carbonyl (C=O) groups is 2. The minimum absolute atomic E-state index is 0.00793. The number of benzene rings is 4. The van der Waals surface area contributed by atoms with Gasteiger partial charge in [-0.05, 0) is 132 Å². The van der Waals surface area contributed by atoms with E-state index in [4.69, 9.17) is 16.2 Å². The van der Waals surface area contributed by atoms with Crippen molar-refractivity contribution in [3.63, 3.8) is 0 Å². The van der Waals surface area contributed by atoms with Gasteiger partial charge in [-0.15, -0.1) is 0 Å². The molecule has 8 N–H and O–H groups in total. The van der Waals surface area contributed by atoms with Crippen LogP contribution in [-0.2, 0) is 36.2 Å². The van der Waals surface area contributed by atoms with Crippen LogP contribution in [0.3, 0.4) is 0 Å². The summed E-state index contributed by atoms with van der Waals surface area (Å²) in [7, 11) is 3.40. The Hall–Kier alpha value is -5.22. The van der Waals surface area contributed by atoms with Gasteiger partial charge in [0.2, 0.25) is 0 Å². The zero-order valence-electron chi connectivity index (χ0n) is 37.6. The van der Waals surface area contributed by atoms with Gasteiger partial charge >= 0.3 is 0 Å². The minimum Gasteiger partial charge on any atom is -0.508 e. The quantitative estimate of drug-likeness (QED) is 0.0524. The number of nitrogens with one attached hydrogen (secondary N) is 1. The summed E-state index contributed by atoms with van der Waals surface area (Å²) in [5, 5.41) is 34.0. The molecule has 0 unspecified atom stereocenters. The van der Waals surface area contributed by atoms with Gasteiger partial charge in [0, 0.05) is 65.3 Å². The number of hydrogen-bond acceptors (Lipinski definition) is 10. The van der Waals surface area contributed by atoms with Crippen molar-refractivity contribution < 1.29 is 29.6 Å². The molecule has 3 aliphatic rings. The van der Waals surface area contributed by atoms with Crippen LogP contribution in [0.2, 0.25) is 0 Å². The van der Waals surface area contributed by atoms with E-state index in [1.165, 1.54) is 5.56 Å². The van der Waals surface area contributed by atoms with Crippen molar-refractivity contribution in [3.8, 4) is 29.1 Å². The highest BCUT2D eigenvalue weighted by Gasteiger charge is 2.43. The highest BCUT2D eigenvalue weighted by molar-refractivity contribution is 8.76. The Morgan fingerprint density at radius 1 is 0.894 bits per heavy atom. The van der Waals surface area contributed by atoms with E-state index in [0.29, 0.717) is 66.2 Å². The van der Waals surface area contributed by atoms with Crippen LogP contribution in [-0.4, -0.2) is 50.3 Å². The predicted molar refractivity (Wildman–Crippen MR) is 266 cm³/mol. The van der Waals surface area contributed by atoms with Gasteiger partial charge in [0.1, 0.15) is 5.75 Å². The molecule has 1 aromatic heterocycles. The van der Waals surface area contributed by atoms with Crippen molar-refractivity contribution in [1.82, 2.24) is 4.98 Å². The molecule has 0 radical (unpaired) electrons. The first-order valence-electron chi connectivity index (χ1n) is 23.2. The molecule has 0 amide bonds. The van der Waals surface area contributed by atoms with E-state index in [9.17, 15) is 24.9 Å². The van der Waals surface area contributed by atoms with Gasteiger partial charge in [-0.25, -0.2) is 0 Å². The van der Waals surface area contributed by atoms with E-state index >= 15 is 0 Å². The Bertz CT molecular complexity index is 2610. The third-order valence-electron chi connectivity index (χ3n) is 13.8. The summed E-state index contributed by atoms with van der Waals surface area (Å²) in [6.45, 7) is 2.54. The number of nitrogens with two attached hydrogens (primary N) is 2. The highest BCUT2D eigenvalue weighted by atomic mass is 33.1. The maximum Gasteiger partial charge on any atom is 0.165 e. The molecular formula is C55H61N3O6S2. The topological polar surface area (TPSA) is 172 Å². The van der Waals surface area contributed by atoms with Crippen LogP contribution in [0.25, 0.3) is 0 Å². The first-order chi connectivity index (χ1) is 31.9. The number of aliphatic hydroxyl groups excluding tert-OH is 1. The Morgan fingerprint density at radius 2 is 1.70 bits per heavy atom. The van der Waals surface area contributed by atoms with Crippen LogP contribution < -0.4 is 16.2 Å². The number of fused-ring (bicyclic) bond motifs is 9. The summed E-state index contributed by atoms with van der Waals surface area (Å²) < 4.78 is 6.16. The number of hydrogen-bond donors (Lipinski definition) is 6. The van der Waals surface area contributed by atoms with Crippen molar-refractivity contribution in [2.75, 3.05) is 12.4 Å². The van der Waals surface area contributed by atoms with Crippen LogP contribution in [0.5, 0.6) is 17.2 Å². The molecule has 9 nitrogen and oxygen atoms in total. The summed E-state index contributed by atoms with van der Waals surface area (Å²) in [6.07, 6.45) is 11.4. The Balaban J connectivity index is 1.11. The van der Waals surface area contributed by atoms with E-state index in [-0.39, 0.29) is 47.4 Å². The molecule has 2 aliphatic carbocycles. The number of ketones is 2. The summed E-state index contributed by atoms with van der Waals surface area (Å²) in [6, 6.07) is 27.0. The maximum absolute atomic E-state index is 14.2. The number of aliphatic hydroxyl groups is 1. The molecule has 11 heteroatoms. The largest absolute Gasteiger partial charge is 0.508 e. The summed E-state index contributed by atoms with van der Waals surface area (Å²) in [5.41, 5.74) is 20.8. The van der Waals surface area contributed by atoms with Gasteiger partial charge in [0.25, 0.3) is 0 Å². The third kappa shape index (κ3) is 11.7. The monoisotopic (exact) mass is 923 g/mol. The van der Waals surface area contributed by atoms with Gasteiger partial charge in [-0.3, -0.25) is 9.59 Å². The fraction of sp³-hybridized carbons (Fsp3) is 0.382. The van der Waals surface area contributed by atoms with Crippen LogP contribution in [0, 0.1) is 29.1 Å². The molecule has 66 heavy (non-hydrogen) atoms. The fourth-order valence-corrected chi connectivity index (χ4v) is 12.4. The second kappa shape index (κ2) is 21.6. The number of aryl methyl sites for hydroxylation is 2. The summed E-state index contributed by atoms with van der Waals surface area (Å²) >= 11 is 0. The van der Waals surface area contributed by atoms with Crippen molar-refractivity contribution in [2.24, 2.45) is 28.7 Å². The van der Waals surface area contributed by atoms with Gasteiger partial charge in [0.05, 0.1) is 25.3 Å². The first-order valence-corrected chi connectivity index (χ1v) is 25.7. The average Bonchev–Trinajstić information content (AvgIpc) is 3.92. The molecule has 2 heterocycles. The van der Waals surface area contributed by atoms with Crippen LogP contribution >= 0.6 is 21.6 Å². The van der Waals surface area contributed by atoms with E-state index < -0.39 is 18.2 Å². The molecule has 0 saturated heterocycles. The number of Topliss-reactive ketones (excluding diaryl/α,β-unsaturated/α-hetero) is 1. The zero-order valence-corrected chi connectivity index (χ0v) is 39.3. The van der Waals surface area contributed by atoms with Crippen molar-refractivity contribution in [1.29, 1.82) is 0 Å². The Morgan fingerprint density at radius 3 is 2.52 bits per heavy atom. The lowest BCUT2D eigenvalue weighted by Gasteiger charge is -2.27. The molecule has 8 bridgehead atoms. The maximum atomic E-state index is 14.2. The van der Waals surface area contributed by atoms with E-state index in [1.54, 1.807) is 58.1 Å². The molecule has 0 spiro atoms. The number of phenols is 2. The van der Waals surface area contributed by atoms with Gasteiger partial charge in [-0.1, -0.05) is 101 Å². The molecule has 4 aromatic carbocycles. The average molecular weight is 924 g/mol. The molecule has 5 atom stereocenters. The minimum atomic E-state index is -0.780. The third-order valence-corrected chi connectivity index (χ3v) is 16.2. The highest BCUT2D eigenvalue weighted by Crippen LogP contribution is 2.50. The smallest absolute Gasteiger partial charge is 0.165 e. The lowest BCUT2D eigenvalue weighted by atomic mass is 9.77. The summed E-state index contributed by atoms with van der Waals surface area (Å²) in [5.74, 6) is 8.27. The van der Waals surface area contributed by atoms with Gasteiger partial charge in [0.15, 0.2) is 23.1 Å². The van der Waals surface area contributed by atoms with Crippen LogP contribution in [0.1, 0.15) is 125 Å². The first kappa shape index (κ1) is 47.3. The van der Waals surface area contributed by atoms with Gasteiger partial charge < -0.3 is 36.5 Å². The predicted octanol–water partition coefficient (Wildman–Crippen LogP) is 10.0. The molecule has 5 aromatic rings. The fourth-order valence-electron chi connectivity index (χ4n) is 9.90. The number of H-pyrrole nitrogens is 1. The second-order valence-corrected chi connectivity index (χ2v) is 21.1. The van der Waals surface area contributed by atoms with Crippen LogP contribution in [0.15, 0.2) is 103 Å².